The Kier molecular flexibility index (Phi) is 24.6. The number of rotatable bonds is 22. The van der Waals surface area contributed by atoms with Crippen molar-refractivity contribution < 1.29 is 18.6 Å². The molecule has 3 unspecified atom stereocenters. The maximum Gasteiger partial charge on any atom is 0.505 e. The summed E-state index contributed by atoms with van der Waals surface area (Å²) in [6.45, 7) is 30.4. The van der Waals surface area contributed by atoms with Crippen molar-refractivity contribution in [1.29, 1.82) is 0 Å². The molecule has 384 valence electrons. The Morgan fingerprint density at radius 3 is 1.12 bits per heavy atom. The molecule has 0 amide bonds. The largest absolute Gasteiger partial charge is 0.505 e. The third-order valence-electron chi connectivity index (χ3n) is 15.0. The van der Waals surface area contributed by atoms with Gasteiger partial charge >= 0.3 is 14.2 Å². The SMILES string of the molecule is C.CC1(C)OB(c2ccc(B3OC(C)(C)C(C)(C)O3)s2)OC1(C)C.CCCCC(CC)Cc1ccsc1-c1ccc(-c2sccc2CC(CC)CCCC)s1.CCCCC(CC)Cc1ccsc1Br. The molecule has 3 atom stereocenters. The van der Waals surface area contributed by atoms with Crippen molar-refractivity contribution in [3.05, 3.63) is 79.1 Å². The van der Waals surface area contributed by atoms with Crippen LogP contribution in [-0.4, -0.2) is 36.6 Å². The first-order valence-electron chi connectivity index (χ1n) is 26.1. The molecule has 0 saturated carbocycles. The van der Waals surface area contributed by atoms with Crippen LogP contribution in [0.15, 0.2) is 62.4 Å². The lowest BCUT2D eigenvalue weighted by molar-refractivity contribution is 0.00578. The highest BCUT2D eigenvalue weighted by molar-refractivity contribution is 9.11. The minimum Gasteiger partial charge on any atom is -0.399 e. The molecule has 0 bridgehead atoms. The van der Waals surface area contributed by atoms with Gasteiger partial charge in [0.25, 0.3) is 0 Å². The lowest BCUT2D eigenvalue weighted by Gasteiger charge is -2.32. The summed E-state index contributed by atoms with van der Waals surface area (Å²) in [5, 5.41) is 6.77. The molecule has 2 aliphatic rings. The highest BCUT2D eigenvalue weighted by Crippen LogP contribution is 2.44. The normalized spacial score (nSPS) is 18.0. The number of unbranched alkanes of at least 4 members (excludes halogenated alkanes) is 3. The first kappa shape index (κ1) is 60.5. The molecule has 7 rings (SSSR count). The van der Waals surface area contributed by atoms with Gasteiger partial charge in [0, 0.05) is 29.1 Å². The van der Waals surface area contributed by atoms with Crippen molar-refractivity contribution in [1.82, 2.24) is 0 Å². The van der Waals surface area contributed by atoms with E-state index in [1.165, 1.54) is 125 Å². The lowest BCUT2D eigenvalue weighted by Crippen LogP contribution is -2.41. The van der Waals surface area contributed by atoms with Gasteiger partial charge in [0.05, 0.1) is 26.2 Å². The van der Waals surface area contributed by atoms with Gasteiger partial charge in [-0.05, 0) is 171 Å². The van der Waals surface area contributed by atoms with Gasteiger partial charge in [-0.1, -0.05) is 138 Å². The first-order valence-corrected chi connectivity index (χ1v) is 31.1. The fourth-order valence-electron chi connectivity index (χ4n) is 8.78. The number of halogens is 1. The van der Waals surface area contributed by atoms with Crippen LogP contribution in [0.2, 0.25) is 0 Å². The van der Waals surface area contributed by atoms with Crippen molar-refractivity contribution in [3.63, 3.8) is 0 Å². The van der Waals surface area contributed by atoms with E-state index in [2.05, 4.69) is 159 Å². The Morgan fingerprint density at radius 1 is 0.464 bits per heavy atom. The summed E-state index contributed by atoms with van der Waals surface area (Å²) < 4.78 is 27.9. The molecule has 0 N–H and O–H groups in total. The van der Waals surface area contributed by atoms with Crippen LogP contribution in [0.25, 0.3) is 19.5 Å². The van der Waals surface area contributed by atoms with Crippen molar-refractivity contribution in [3.8, 4) is 19.5 Å². The van der Waals surface area contributed by atoms with Gasteiger partial charge in [0.2, 0.25) is 0 Å². The summed E-state index contributed by atoms with van der Waals surface area (Å²) in [4.78, 5) is 5.95. The highest BCUT2D eigenvalue weighted by Gasteiger charge is 2.54. The molecular formula is C57H89B2BrO4S5. The highest BCUT2D eigenvalue weighted by atomic mass is 79.9. The van der Waals surface area contributed by atoms with Crippen molar-refractivity contribution in [2.24, 2.45) is 17.8 Å². The van der Waals surface area contributed by atoms with Crippen LogP contribution in [-0.2, 0) is 37.9 Å². The minimum absolute atomic E-state index is 0. The summed E-state index contributed by atoms with van der Waals surface area (Å²) in [7, 11) is -0.664. The second-order valence-electron chi connectivity index (χ2n) is 21.2. The summed E-state index contributed by atoms with van der Waals surface area (Å²) in [6, 6.07) is 15.9. The average Bonchev–Trinajstić information content (AvgIpc) is 4.17. The van der Waals surface area contributed by atoms with Gasteiger partial charge in [0.15, 0.2) is 0 Å². The lowest BCUT2D eigenvalue weighted by atomic mass is 9.86. The Labute approximate surface area is 450 Å². The van der Waals surface area contributed by atoms with Crippen LogP contribution in [0.3, 0.4) is 0 Å². The molecule has 5 aromatic rings. The van der Waals surface area contributed by atoms with E-state index < -0.39 is 0 Å². The van der Waals surface area contributed by atoms with E-state index in [0.717, 1.165) is 27.3 Å². The maximum atomic E-state index is 6.11. The maximum absolute atomic E-state index is 6.11. The zero-order valence-electron chi connectivity index (χ0n) is 44.3. The Bertz CT molecular complexity index is 2060. The van der Waals surface area contributed by atoms with Crippen molar-refractivity contribution in [2.75, 3.05) is 0 Å². The van der Waals surface area contributed by atoms with Gasteiger partial charge in [-0.15, -0.1) is 45.3 Å². The Balaban J connectivity index is 0.000000240. The minimum atomic E-state index is -0.332. The predicted octanol–water partition coefficient (Wildman–Crippen LogP) is 19.0. The third kappa shape index (κ3) is 16.5. The molecule has 69 heavy (non-hydrogen) atoms. The molecule has 2 saturated heterocycles. The predicted molar refractivity (Wildman–Crippen MR) is 316 cm³/mol. The Morgan fingerprint density at radius 2 is 0.797 bits per heavy atom. The fraction of sp³-hybridized carbons (Fsp3) is 0.649. The topological polar surface area (TPSA) is 36.9 Å². The Hall–Kier alpha value is -1.05. The summed E-state index contributed by atoms with van der Waals surface area (Å²) >= 11 is 12.9. The number of thiophene rings is 5. The third-order valence-corrected chi connectivity index (χ3v) is 21.3. The molecule has 2 aliphatic heterocycles. The smallest absolute Gasteiger partial charge is 0.399 e. The molecular weight excluding hydrogens is 1010 g/mol. The quantitative estimate of drug-likeness (QED) is 0.0647. The zero-order valence-corrected chi connectivity index (χ0v) is 50.0. The van der Waals surface area contributed by atoms with Gasteiger partial charge in [-0.2, -0.15) is 11.3 Å². The first-order chi connectivity index (χ1) is 32.3. The van der Waals surface area contributed by atoms with E-state index in [4.69, 9.17) is 18.6 Å². The molecule has 2 fully saturated rings. The summed E-state index contributed by atoms with van der Waals surface area (Å²) in [5.41, 5.74) is 3.33. The van der Waals surface area contributed by atoms with Gasteiger partial charge in [0.1, 0.15) is 0 Å². The van der Waals surface area contributed by atoms with Crippen LogP contribution in [0.4, 0.5) is 0 Å². The molecule has 4 nitrogen and oxygen atoms in total. The van der Waals surface area contributed by atoms with E-state index in [-0.39, 0.29) is 44.1 Å². The zero-order chi connectivity index (χ0) is 49.7. The van der Waals surface area contributed by atoms with E-state index in [1.807, 2.05) is 46.1 Å². The van der Waals surface area contributed by atoms with Gasteiger partial charge in [-0.3, -0.25) is 0 Å². The van der Waals surface area contributed by atoms with Crippen LogP contribution in [0.1, 0.15) is 198 Å². The van der Waals surface area contributed by atoms with E-state index in [9.17, 15) is 0 Å². The van der Waals surface area contributed by atoms with Crippen LogP contribution in [0, 0.1) is 17.8 Å². The standard InChI is InChI=1S/C28H40S3.C16H26B2O4S.C12H19BrS.CH4/c1-5-9-11-21(7-3)19-23-15-17-29-27(23)25-13-14-26(31-25)28-24(16-18-30-28)20-22(8-4)12-10-6-2;1-13(2)14(3,4)20-17(19-13)11-9-10-12(23-11)18-21-15(5,6)16(7,8)22-18;1-3-5-6-10(4-2)9-11-7-8-14-12(11)13;/h13-18,21-22H,5-12,19-20H2,1-4H3;9-10H,1-8H3;7-8,10H,3-6,9H2,1-2H3;1H4. The monoisotopic (exact) mass is 1100 g/mol. The van der Waals surface area contributed by atoms with Crippen LogP contribution in [0.5, 0.6) is 0 Å². The van der Waals surface area contributed by atoms with Gasteiger partial charge in [-0.25, -0.2) is 0 Å². The number of hydrogen-bond donors (Lipinski definition) is 0. The van der Waals surface area contributed by atoms with Crippen LogP contribution >= 0.6 is 72.6 Å². The van der Waals surface area contributed by atoms with Crippen molar-refractivity contribution in [2.45, 2.75) is 223 Å². The van der Waals surface area contributed by atoms with E-state index in [1.54, 1.807) is 33.8 Å². The molecule has 0 aromatic carbocycles. The van der Waals surface area contributed by atoms with E-state index >= 15 is 0 Å². The molecule has 5 aromatic heterocycles. The van der Waals surface area contributed by atoms with Crippen LogP contribution < -0.4 is 9.55 Å². The van der Waals surface area contributed by atoms with Gasteiger partial charge < -0.3 is 18.6 Å². The summed E-state index contributed by atoms with van der Waals surface area (Å²) in [6.07, 6.45) is 19.8. The average molecular weight is 1100 g/mol. The number of hydrogen-bond acceptors (Lipinski definition) is 9. The molecule has 12 heteroatoms. The second-order valence-corrected chi connectivity index (χ2v) is 27.5. The molecule has 0 aliphatic carbocycles. The van der Waals surface area contributed by atoms with Crippen molar-refractivity contribution >= 4 is 96.4 Å². The molecule has 0 radical (unpaired) electrons. The molecule has 7 heterocycles. The molecule has 0 spiro atoms. The summed E-state index contributed by atoms with van der Waals surface area (Å²) in [5.74, 6) is 2.53. The fourth-order valence-corrected chi connectivity index (χ4v) is 14.2. The second kappa shape index (κ2) is 28.0. The van der Waals surface area contributed by atoms with E-state index in [0.29, 0.717) is 0 Å².